The lowest BCUT2D eigenvalue weighted by molar-refractivity contribution is 0.456. The molecule has 2 aromatic rings. The van der Waals surface area contributed by atoms with Crippen LogP contribution < -0.4 is 10.5 Å². The third-order valence-electron chi connectivity index (χ3n) is 2.11. The van der Waals surface area contributed by atoms with Crippen molar-refractivity contribution in [3.63, 3.8) is 0 Å². The molecule has 17 heavy (non-hydrogen) atoms. The van der Waals surface area contributed by atoms with Crippen LogP contribution >= 0.6 is 11.6 Å². The summed E-state index contributed by atoms with van der Waals surface area (Å²) >= 11 is 5.62. The topological polar surface area (TPSA) is 61.0 Å². The van der Waals surface area contributed by atoms with Gasteiger partial charge in [-0.3, -0.25) is 0 Å². The molecular formula is C11H9ClFN3O. The van der Waals surface area contributed by atoms with Crippen LogP contribution in [0.5, 0.6) is 11.6 Å². The summed E-state index contributed by atoms with van der Waals surface area (Å²) in [4.78, 5) is 7.52. The summed E-state index contributed by atoms with van der Waals surface area (Å²) in [5, 5.41) is 0.0169. The zero-order chi connectivity index (χ0) is 12.4. The second kappa shape index (κ2) is 4.55. The van der Waals surface area contributed by atoms with Crippen LogP contribution in [-0.2, 0) is 0 Å². The van der Waals surface area contributed by atoms with Crippen molar-refractivity contribution < 1.29 is 9.13 Å². The molecule has 0 aliphatic rings. The molecule has 88 valence electrons. The number of aromatic nitrogens is 2. The summed E-state index contributed by atoms with van der Waals surface area (Å²) in [5.41, 5.74) is 6.62. The first-order valence-corrected chi connectivity index (χ1v) is 5.16. The van der Waals surface area contributed by atoms with Gasteiger partial charge in [-0.05, 0) is 30.2 Å². The summed E-state index contributed by atoms with van der Waals surface area (Å²) in [7, 11) is 0. The first kappa shape index (κ1) is 11.6. The molecule has 0 amide bonds. The van der Waals surface area contributed by atoms with E-state index in [1.807, 2.05) is 0 Å². The fourth-order valence-corrected chi connectivity index (χ4v) is 1.35. The normalized spacial score (nSPS) is 10.3. The Balaban J connectivity index is 2.37. The molecule has 0 bridgehead atoms. The number of benzene rings is 1. The lowest BCUT2D eigenvalue weighted by Gasteiger charge is -2.09. The van der Waals surface area contributed by atoms with Crippen LogP contribution in [0.25, 0.3) is 0 Å². The fourth-order valence-electron chi connectivity index (χ4n) is 1.23. The van der Waals surface area contributed by atoms with E-state index in [9.17, 15) is 4.39 Å². The first-order chi connectivity index (χ1) is 8.06. The number of rotatable bonds is 2. The average molecular weight is 254 g/mol. The van der Waals surface area contributed by atoms with Gasteiger partial charge in [0.15, 0.2) is 0 Å². The molecule has 0 atom stereocenters. The van der Waals surface area contributed by atoms with Crippen LogP contribution in [0.1, 0.15) is 5.56 Å². The smallest absolute Gasteiger partial charge is 0.247 e. The van der Waals surface area contributed by atoms with Crippen molar-refractivity contribution in [3.8, 4) is 11.6 Å². The van der Waals surface area contributed by atoms with E-state index in [0.29, 0.717) is 5.75 Å². The van der Waals surface area contributed by atoms with Crippen molar-refractivity contribution in [3.05, 3.63) is 41.1 Å². The van der Waals surface area contributed by atoms with E-state index in [4.69, 9.17) is 22.1 Å². The molecule has 0 fully saturated rings. The number of anilines is 1. The Morgan fingerprint density at radius 2 is 2.18 bits per heavy atom. The summed E-state index contributed by atoms with van der Waals surface area (Å²) < 4.78 is 18.5. The highest BCUT2D eigenvalue weighted by atomic mass is 35.5. The third kappa shape index (κ3) is 2.62. The number of nitrogen functional groups attached to an aromatic ring is 1. The number of hydrogen-bond acceptors (Lipinski definition) is 4. The Kier molecular flexibility index (Phi) is 3.10. The van der Waals surface area contributed by atoms with E-state index in [1.165, 1.54) is 18.3 Å². The Hall–Kier alpha value is -1.88. The van der Waals surface area contributed by atoms with E-state index >= 15 is 0 Å². The van der Waals surface area contributed by atoms with Crippen LogP contribution in [-0.4, -0.2) is 9.97 Å². The minimum atomic E-state index is -0.399. The molecule has 0 saturated heterocycles. The highest BCUT2D eigenvalue weighted by Gasteiger charge is 2.08. The second-order valence-corrected chi connectivity index (χ2v) is 3.75. The molecule has 4 nitrogen and oxygen atoms in total. The zero-order valence-electron chi connectivity index (χ0n) is 8.95. The molecule has 0 aliphatic heterocycles. The Morgan fingerprint density at radius 3 is 2.94 bits per heavy atom. The van der Waals surface area contributed by atoms with Crippen molar-refractivity contribution in [2.45, 2.75) is 6.92 Å². The van der Waals surface area contributed by atoms with Crippen LogP contribution in [0.4, 0.5) is 10.1 Å². The van der Waals surface area contributed by atoms with Gasteiger partial charge in [0.1, 0.15) is 17.3 Å². The van der Waals surface area contributed by atoms with E-state index < -0.39 is 5.82 Å². The van der Waals surface area contributed by atoms with E-state index in [2.05, 4.69) is 9.97 Å². The van der Waals surface area contributed by atoms with E-state index in [1.54, 1.807) is 13.0 Å². The number of ether oxygens (including phenoxy) is 1. The summed E-state index contributed by atoms with van der Waals surface area (Å²) in [6.45, 7) is 1.79. The van der Waals surface area contributed by atoms with Crippen LogP contribution in [0.3, 0.4) is 0 Å². The first-order valence-electron chi connectivity index (χ1n) is 4.78. The van der Waals surface area contributed by atoms with Crippen LogP contribution in [0.2, 0.25) is 5.28 Å². The number of hydrogen-bond donors (Lipinski definition) is 1. The summed E-state index contributed by atoms with van der Waals surface area (Å²) in [5.74, 6) is 0.0505. The molecule has 0 aliphatic carbocycles. The minimum Gasteiger partial charge on any atom is -0.437 e. The van der Waals surface area contributed by atoms with Gasteiger partial charge in [0.2, 0.25) is 11.2 Å². The number of halogens is 2. The predicted molar refractivity (Wildman–Crippen MR) is 62.7 cm³/mol. The molecule has 6 heteroatoms. The largest absolute Gasteiger partial charge is 0.437 e. The molecular weight excluding hydrogens is 245 g/mol. The lowest BCUT2D eigenvalue weighted by atomic mass is 10.2. The van der Waals surface area contributed by atoms with Gasteiger partial charge in [0.25, 0.3) is 0 Å². The van der Waals surface area contributed by atoms with Crippen molar-refractivity contribution in [2.75, 3.05) is 5.73 Å². The monoisotopic (exact) mass is 253 g/mol. The van der Waals surface area contributed by atoms with Gasteiger partial charge in [0.05, 0.1) is 6.20 Å². The Labute approximate surface area is 102 Å². The van der Waals surface area contributed by atoms with Crippen molar-refractivity contribution in [1.82, 2.24) is 9.97 Å². The summed E-state index contributed by atoms with van der Waals surface area (Å²) in [6, 6.07) is 4.20. The molecule has 1 aromatic heterocycles. The summed E-state index contributed by atoms with van der Waals surface area (Å²) in [6.07, 6.45) is 1.33. The van der Waals surface area contributed by atoms with Gasteiger partial charge in [0, 0.05) is 6.07 Å². The van der Waals surface area contributed by atoms with Crippen LogP contribution in [0.15, 0.2) is 24.4 Å². The molecule has 2 N–H and O–H groups in total. The standard InChI is InChI=1S/C11H9ClFN3O/c1-6-2-3-7(13)4-9(6)17-10-8(14)5-15-11(12)16-10/h2-5H,14H2,1H3. The van der Waals surface area contributed by atoms with Gasteiger partial charge in [-0.25, -0.2) is 9.37 Å². The quantitative estimate of drug-likeness (QED) is 0.836. The maximum atomic E-state index is 13.1. The van der Waals surface area contributed by atoms with E-state index in [0.717, 1.165) is 5.56 Å². The van der Waals surface area contributed by atoms with Gasteiger partial charge in [-0.15, -0.1) is 0 Å². The highest BCUT2D eigenvalue weighted by Crippen LogP contribution is 2.28. The predicted octanol–water partition coefficient (Wildman–Crippen LogP) is 2.95. The molecule has 1 aromatic carbocycles. The van der Waals surface area contributed by atoms with E-state index in [-0.39, 0.29) is 16.9 Å². The second-order valence-electron chi connectivity index (χ2n) is 3.41. The van der Waals surface area contributed by atoms with Gasteiger partial charge < -0.3 is 10.5 Å². The van der Waals surface area contributed by atoms with Gasteiger partial charge in [-0.1, -0.05) is 6.07 Å². The van der Waals surface area contributed by atoms with Crippen LogP contribution in [0, 0.1) is 12.7 Å². The molecule has 0 unspecified atom stereocenters. The van der Waals surface area contributed by atoms with Gasteiger partial charge in [-0.2, -0.15) is 4.98 Å². The average Bonchev–Trinajstić information content (AvgIpc) is 2.28. The number of nitrogens with zero attached hydrogens (tertiary/aromatic N) is 2. The fraction of sp³-hybridized carbons (Fsp3) is 0.0909. The molecule has 1 heterocycles. The maximum absolute atomic E-state index is 13.1. The van der Waals surface area contributed by atoms with Crippen molar-refractivity contribution >= 4 is 17.3 Å². The van der Waals surface area contributed by atoms with Crippen molar-refractivity contribution in [1.29, 1.82) is 0 Å². The SMILES string of the molecule is Cc1ccc(F)cc1Oc1nc(Cl)ncc1N. The minimum absolute atomic E-state index is 0.0169. The number of nitrogens with two attached hydrogens (primary N) is 1. The lowest BCUT2D eigenvalue weighted by Crippen LogP contribution is -1.98. The van der Waals surface area contributed by atoms with Crippen molar-refractivity contribution in [2.24, 2.45) is 0 Å². The molecule has 0 saturated carbocycles. The zero-order valence-corrected chi connectivity index (χ0v) is 9.70. The molecule has 0 radical (unpaired) electrons. The van der Waals surface area contributed by atoms with Gasteiger partial charge >= 0.3 is 0 Å². The molecule has 2 rings (SSSR count). The maximum Gasteiger partial charge on any atom is 0.247 e. The Bertz CT molecular complexity index is 513. The molecule has 0 spiro atoms. The number of aryl methyl sites for hydroxylation is 1. The third-order valence-corrected chi connectivity index (χ3v) is 2.29. The Morgan fingerprint density at radius 1 is 1.41 bits per heavy atom. The highest BCUT2D eigenvalue weighted by molar-refractivity contribution is 6.28.